The maximum Gasteiger partial charge on any atom is 0.433 e. The van der Waals surface area contributed by atoms with Gasteiger partial charge in [0.1, 0.15) is 16.3 Å². The summed E-state index contributed by atoms with van der Waals surface area (Å²) in [4.78, 5) is 14.3. The van der Waals surface area contributed by atoms with E-state index >= 15 is 0 Å². The summed E-state index contributed by atoms with van der Waals surface area (Å²) in [5.41, 5.74) is -3.67. The van der Waals surface area contributed by atoms with Gasteiger partial charge in [-0.2, -0.15) is 26.0 Å². The number of hydrogen-bond donors (Lipinski definition) is 1. The lowest BCUT2D eigenvalue weighted by Crippen LogP contribution is -2.22. The van der Waals surface area contributed by atoms with Gasteiger partial charge in [0.25, 0.3) is 21.9 Å². The van der Waals surface area contributed by atoms with Gasteiger partial charge in [0.05, 0.1) is 5.71 Å². The zero-order valence-corrected chi connectivity index (χ0v) is 16.4. The van der Waals surface area contributed by atoms with Crippen molar-refractivity contribution < 1.29 is 39.6 Å². The molecule has 30 heavy (non-hydrogen) atoms. The van der Waals surface area contributed by atoms with E-state index in [2.05, 4.69) is 9.38 Å². The van der Waals surface area contributed by atoms with Crippen LogP contribution < -0.4 is 5.32 Å². The Balaban J connectivity index is 2.42. The second-order valence-electron chi connectivity index (χ2n) is 6.19. The molecule has 164 valence electrons. The van der Waals surface area contributed by atoms with E-state index in [4.69, 9.17) is 0 Å². The van der Waals surface area contributed by atoms with E-state index in [0.29, 0.717) is 19.2 Å². The maximum absolute atomic E-state index is 14.6. The Labute approximate surface area is 166 Å². The molecule has 0 aliphatic heterocycles. The van der Waals surface area contributed by atoms with E-state index in [1.807, 2.05) is 5.32 Å². The number of aromatic nitrogens is 2. The lowest BCUT2D eigenvalue weighted by Gasteiger charge is -2.09. The summed E-state index contributed by atoms with van der Waals surface area (Å²) in [7, 11) is -3.86. The number of anilines is 1. The van der Waals surface area contributed by atoms with Crippen molar-refractivity contribution in [3.63, 3.8) is 0 Å². The molecule has 0 aliphatic carbocycles. The minimum atomic E-state index is -4.93. The summed E-state index contributed by atoms with van der Waals surface area (Å²) in [6.45, 7) is 1.12. The van der Waals surface area contributed by atoms with Crippen LogP contribution >= 0.6 is 0 Å². The molecule has 0 fully saturated rings. The van der Waals surface area contributed by atoms with Crippen LogP contribution in [0.15, 0.2) is 33.8 Å². The van der Waals surface area contributed by atoms with Gasteiger partial charge >= 0.3 is 6.18 Å². The number of carbonyl (C=O) groups is 1. The average Bonchev–Trinajstić information content (AvgIpc) is 2.88. The highest BCUT2D eigenvalue weighted by Gasteiger charge is 2.34. The Bertz CT molecular complexity index is 1120. The molecule has 7 nitrogen and oxygen atoms in total. The van der Waals surface area contributed by atoms with E-state index in [0.717, 1.165) is 30.8 Å². The highest BCUT2D eigenvalue weighted by atomic mass is 32.2. The van der Waals surface area contributed by atoms with Gasteiger partial charge in [0, 0.05) is 32.1 Å². The normalized spacial score (nSPS) is 13.4. The SMILES string of the molecule is C/C(=N\S(=O)(=O)c1cn(C)c(C(=O)Nc2ccnc(C(F)(F)F)c2)c1F)C(C)(F)F. The highest BCUT2D eigenvalue weighted by Crippen LogP contribution is 2.29. The van der Waals surface area contributed by atoms with Crippen molar-refractivity contribution in [1.29, 1.82) is 0 Å². The van der Waals surface area contributed by atoms with E-state index in [9.17, 15) is 39.6 Å². The Morgan fingerprint density at radius 2 is 1.83 bits per heavy atom. The zero-order valence-electron chi connectivity index (χ0n) is 15.6. The monoisotopic (exact) mass is 456 g/mol. The van der Waals surface area contributed by atoms with Gasteiger partial charge in [-0.1, -0.05) is 0 Å². The smallest absolute Gasteiger partial charge is 0.343 e. The van der Waals surface area contributed by atoms with Crippen LogP contribution in [0, 0.1) is 5.82 Å². The molecular formula is C16H14F6N4O3S. The van der Waals surface area contributed by atoms with Gasteiger partial charge in [0.15, 0.2) is 5.82 Å². The third kappa shape index (κ3) is 4.98. The van der Waals surface area contributed by atoms with Crippen LogP contribution in [-0.4, -0.2) is 35.5 Å². The van der Waals surface area contributed by atoms with Crippen LogP contribution in [0.1, 0.15) is 30.0 Å². The van der Waals surface area contributed by atoms with E-state index < -0.39 is 55.8 Å². The van der Waals surface area contributed by atoms with Crippen LogP contribution in [0.5, 0.6) is 0 Å². The fourth-order valence-electron chi connectivity index (χ4n) is 2.17. The first-order valence-corrected chi connectivity index (χ1v) is 9.37. The Morgan fingerprint density at radius 3 is 2.37 bits per heavy atom. The molecule has 0 atom stereocenters. The molecule has 2 rings (SSSR count). The van der Waals surface area contributed by atoms with Crippen molar-refractivity contribution in [1.82, 2.24) is 9.55 Å². The lowest BCUT2D eigenvalue weighted by atomic mass is 10.3. The molecule has 2 aromatic heterocycles. The van der Waals surface area contributed by atoms with Gasteiger partial charge in [-0.3, -0.25) is 9.78 Å². The van der Waals surface area contributed by atoms with Crippen molar-refractivity contribution in [3.8, 4) is 0 Å². The van der Waals surface area contributed by atoms with E-state index in [1.165, 1.54) is 0 Å². The molecule has 0 aliphatic rings. The summed E-state index contributed by atoms with van der Waals surface area (Å²) < 4.78 is 107. The number of nitrogens with one attached hydrogen (secondary N) is 1. The molecular weight excluding hydrogens is 442 g/mol. The van der Waals surface area contributed by atoms with E-state index in [-0.39, 0.29) is 5.69 Å². The number of carbonyl (C=O) groups excluding carboxylic acids is 1. The van der Waals surface area contributed by atoms with Crippen molar-refractivity contribution in [2.24, 2.45) is 11.4 Å². The van der Waals surface area contributed by atoms with Crippen LogP contribution in [0.3, 0.4) is 0 Å². The first kappa shape index (κ1) is 23.4. The Hall–Kier alpha value is -2.90. The second-order valence-corrected chi connectivity index (χ2v) is 7.76. The van der Waals surface area contributed by atoms with Crippen molar-refractivity contribution in [2.45, 2.75) is 30.8 Å². The number of hydrogen-bond acceptors (Lipinski definition) is 4. The molecule has 2 heterocycles. The largest absolute Gasteiger partial charge is 0.433 e. The maximum atomic E-state index is 14.6. The highest BCUT2D eigenvalue weighted by molar-refractivity contribution is 7.90. The van der Waals surface area contributed by atoms with Gasteiger partial charge in [0.2, 0.25) is 0 Å². The van der Waals surface area contributed by atoms with Gasteiger partial charge in [-0.25, -0.2) is 13.2 Å². The second kappa shape index (κ2) is 7.74. The van der Waals surface area contributed by atoms with E-state index in [1.54, 1.807) is 0 Å². The minimum absolute atomic E-state index is 0.383. The molecule has 0 saturated carbocycles. The van der Waals surface area contributed by atoms with Crippen molar-refractivity contribution in [2.75, 3.05) is 5.32 Å². The average molecular weight is 456 g/mol. The number of aryl methyl sites for hydroxylation is 1. The fraction of sp³-hybridized carbons (Fsp3) is 0.312. The number of amides is 1. The third-order valence-electron chi connectivity index (χ3n) is 3.78. The van der Waals surface area contributed by atoms with Crippen LogP contribution in [-0.2, 0) is 23.2 Å². The number of nitrogens with zero attached hydrogens (tertiary/aromatic N) is 3. The quantitative estimate of drug-likeness (QED) is 0.549. The molecule has 1 amide bonds. The molecule has 0 bridgehead atoms. The topological polar surface area (TPSA) is 93.4 Å². The predicted octanol–water partition coefficient (Wildman–Crippen LogP) is 3.64. The third-order valence-corrected chi connectivity index (χ3v) is 5.14. The summed E-state index contributed by atoms with van der Waals surface area (Å²) in [5, 5.41) is 1.99. The van der Waals surface area contributed by atoms with Crippen molar-refractivity contribution >= 4 is 27.3 Å². The number of alkyl halides is 5. The number of sulfonamides is 1. The van der Waals surface area contributed by atoms with Crippen LogP contribution in [0.25, 0.3) is 0 Å². The summed E-state index contributed by atoms with van der Waals surface area (Å²) in [6, 6.07) is 1.50. The molecule has 1 N–H and O–H groups in total. The Kier molecular flexibility index (Phi) is 6.03. The zero-order chi connectivity index (χ0) is 23.1. The number of halogens is 6. The first-order chi connectivity index (χ1) is 13.5. The van der Waals surface area contributed by atoms with Crippen molar-refractivity contribution in [3.05, 3.63) is 41.7 Å². The van der Waals surface area contributed by atoms with Crippen LogP contribution in [0.4, 0.5) is 32.0 Å². The van der Waals surface area contributed by atoms with Gasteiger partial charge < -0.3 is 9.88 Å². The molecule has 0 radical (unpaired) electrons. The Morgan fingerprint density at radius 1 is 1.23 bits per heavy atom. The summed E-state index contributed by atoms with van der Waals surface area (Å²) in [6.07, 6.45) is -3.40. The standard InChI is InChI=1S/C16H14F6N4O3S/c1-8(15(2,18)19)25-30(28,29)10-7-26(3)13(12(10)17)14(27)24-9-4-5-23-11(6-9)16(20,21)22/h4-7H,1-3H3,(H,23,24,27)/b25-8+. The first-order valence-electron chi connectivity index (χ1n) is 7.93. The fourth-order valence-corrected chi connectivity index (χ4v) is 3.41. The lowest BCUT2D eigenvalue weighted by molar-refractivity contribution is -0.141. The summed E-state index contributed by atoms with van der Waals surface area (Å²) in [5.74, 6) is -6.47. The van der Waals surface area contributed by atoms with Gasteiger partial charge in [-0.15, -0.1) is 0 Å². The predicted molar refractivity (Wildman–Crippen MR) is 93.5 cm³/mol. The number of rotatable bonds is 5. The molecule has 2 aromatic rings. The molecule has 0 aromatic carbocycles. The summed E-state index contributed by atoms with van der Waals surface area (Å²) >= 11 is 0. The van der Waals surface area contributed by atoms with Gasteiger partial charge in [-0.05, 0) is 19.1 Å². The molecule has 0 saturated heterocycles. The number of pyridine rings is 1. The van der Waals surface area contributed by atoms with Crippen LogP contribution in [0.2, 0.25) is 0 Å². The minimum Gasteiger partial charge on any atom is -0.343 e. The molecule has 0 unspecified atom stereocenters. The molecule has 14 heteroatoms. The molecule has 0 spiro atoms.